The van der Waals surface area contributed by atoms with Crippen LogP contribution in [0, 0.1) is 5.92 Å². The van der Waals surface area contributed by atoms with Crippen LogP contribution in [0.2, 0.25) is 0 Å². The van der Waals surface area contributed by atoms with Gasteiger partial charge in [0.2, 0.25) is 11.8 Å². The molecule has 0 saturated heterocycles. The van der Waals surface area contributed by atoms with E-state index in [9.17, 15) is 9.59 Å². The summed E-state index contributed by atoms with van der Waals surface area (Å²) in [4.78, 5) is 25.0. The molecular weight excluding hydrogens is 334 g/mol. The molecule has 4 N–H and O–H groups in total. The van der Waals surface area contributed by atoms with Gasteiger partial charge in [-0.3, -0.25) is 9.59 Å². The van der Waals surface area contributed by atoms with Gasteiger partial charge in [0.25, 0.3) is 0 Å². The van der Waals surface area contributed by atoms with E-state index in [4.69, 9.17) is 5.73 Å². The highest BCUT2D eigenvalue weighted by atomic mass is 35.5. The molecule has 0 radical (unpaired) electrons. The van der Waals surface area contributed by atoms with Crippen molar-refractivity contribution < 1.29 is 9.59 Å². The Morgan fingerprint density at radius 2 is 1.78 bits per heavy atom. The van der Waals surface area contributed by atoms with Crippen molar-refractivity contribution in [1.82, 2.24) is 0 Å². The predicted octanol–water partition coefficient (Wildman–Crippen LogP) is 2.88. The Kier molecular flexibility index (Phi) is 7.74. The second-order valence-corrected chi connectivity index (χ2v) is 6.01. The lowest BCUT2D eigenvalue weighted by Crippen LogP contribution is -2.27. The lowest BCUT2D eigenvalue weighted by atomic mass is 10.1. The molecule has 1 aromatic heterocycles. The molecule has 0 aliphatic rings. The fourth-order valence-corrected chi connectivity index (χ4v) is 2.53. The highest BCUT2D eigenvalue weighted by molar-refractivity contribution is 7.10. The first-order valence-electron chi connectivity index (χ1n) is 7.02. The van der Waals surface area contributed by atoms with Gasteiger partial charge in [0.15, 0.2) is 0 Å². The molecule has 0 bridgehead atoms. The molecule has 0 saturated carbocycles. The third-order valence-corrected chi connectivity index (χ3v) is 4.05. The average molecular weight is 354 g/mol. The molecule has 7 heteroatoms. The monoisotopic (exact) mass is 353 g/mol. The highest BCUT2D eigenvalue weighted by Crippen LogP contribution is 2.22. The minimum Gasteiger partial charge on any atom is -0.330 e. The summed E-state index contributed by atoms with van der Waals surface area (Å²) >= 11 is 1.54. The van der Waals surface area contributed by atoms with Crippen LogP contribution < -0.4 is 16.4 Å². The summed E-state index contributed by atoms with van der Waals surface area (Å²) in [6.45, 7) is 2.03. The summed E-state index contributed by atoms with van der Waals surface area (Å²) in [5.74, 6) is -0.562. The van der Waals surface area contributed by atoms with E-state index in [1.165, 1.54) is 11.3 Å². The fraction of sp³-hybridized carbons (Fsp3) is 0.250. The number of carbonyl (C=O) groups excluding carboxylic acids is 2. The molecule has 0 aliphatic carbocycles. The van der Waals surface area contributed by atoms with Crippen molar-refractivity contribution in [3.8, 4) is 0 Å². The van der Waals surface area contributed by atoms with Gasteiger partial charge in [-0.15, -0.1) is 23.7 Å². The summed E-state index contributed by atoms with van der Waals surface area (Å²) in [5.41, 5.74) is 6.65. The number of thiophene rings is 1. The lowest BCUT2D eigenvalue weighted by molar-refractivity contribution is -0.119. The van der Waals surface area contributed by atoms with Gasteiger partial charge in [0, 0.05) is 17.3 Å². The van der Waals surface area contributed by atoms with E-state index in [1.807, 2.05) is 23.6 Å². The van der Waals surface area contributed by atoms with Gasteiger partial charge >= 0.3 is 0 Å². The molecule has 5 nitrogen and oxygen atoms in total. The second-order valence-electron chi connectivity index (χ2n) is 4.98. The van der Waals surface area contributed by atoms with Crippen LogP contribution in [0.25, 0.3) is 0 Å². The van der Waals surface area contributed by atoms with E-state index in [0.29, 0.717) is 17.8 Å². The zero-order valence-electron chi connectivity index (χ0n) is 12.7. The van der Waals surface area contributed by atoms with Gasteiger partial charge < -0.3 is 16.4 Å². The van der Waals surface area contributed by atoms with Crippen LogP contribution in [-0.2, 0) is 16.0 Å². The van der Waals surface area contributed by atoms with E-state index in [1.54, 1.807) is 25.1 Å². The maximum atomic E-state index is 12.1. The number of carbonyl (C=O) groups is 2. The SMILES string of the molecule is CC(CN)C(=O)Nc1ccccc1NC(=O)Cc1cccs1.Cl. The number of amides is 2. The van der Waals surface area contributed by atoms with E-state index in [-0.39, 0.29) is 36.7 Å². The van der Waals surface area contributed by atoms with Crippen LogP contribution in [0.1, 0.15) is 11.8 Å². The summed E-state index contributed by atoms with van der Waals surface area (Å²) in [5, 5.41) is 7.56. The molecule has 1 aromatic carbocycles. The quantitative estimate of drug-likeness (QED) is 0.746. The van der Waals surface area contributed by atoms with Crippen LogP contribution in [0.4, 0.5) is 11.4 Å². The first kappa shape index (κ1) is 19.2. The molecule has 2 aromatic rings. The smallest absolute Gasteiger partial charge is 0.229 e. The molecular formula is C16H20ClN3O2S. The van der Waals surface area contributed by atoms with Crippen molar-refractivity contribution in [2.45, 2.75) is 13.3 Å². The summed E-state index contributed by atoms with van der Waals surface area (Å²) in [6.07, 6.45) is 0.319. The van der Waals surface area contributed by atoms with E-state index >= 15 is 0 Å². The number of rotatable bonds is 6. The average Bonchev–Trinajstić information content (AvgIpc) is 3.01. The third kappa shape index (κ3) is 5.67. The number of nitrogens with one attached hydrogen (secondary N) is 2. The molecule has 23 heavy (non-hydrogen) atoms. The molecule has 0 spiro atoms. The minimum atomic E-state index is -0.283. The highest BCUT2D eigenvalue weighted by Gasteiger charge is 2.14. The van der Waals surface area contributed by atoms with E-state index in [0.717, 1.165) is 4.88 Å². The molecule has 1 atom stereocenters. The molecule has 0 aliphatic heterocycles. The Balaban J connectivity index is 0.00000264. The van der Waals surface area contributed by atoms with Crippen molar-refractivity contribution in [2.24, 2.45) is 11.7 Å². The summed E-state index contributed by atoms with van der Waals surface area (Å²) in [6, 6.07) is 11.0. The lowest BCUT2D eigenvalue weighted by Gasteiger charge is -2.14. The summed E-state index contributed by atoms with van der Waals surface area (Å²) in [7, 11) is 0. The van der Waals surface area contributed by atoms with Crippen molar-refractivity contribution in [3.63, 3.8) is 0 Å². The van der Waals surface area contributed by atoms with Crippen molar-refractivity contribution in [1.29, 1.82) is 0 Å². The van der Waals surface area contributed by atoms with Gasteiger partial charge in [-0.1, -0.05) is 25.1 Å². The Bertz CT molecular complexity index is 647. The number of hydrogen-bond donors (Lipinski definition) is 3. The standard InChI is InChI=1S/C16H19N3O2S.ClH/c1-11(10-17)16(21)19-14-7-3-2-6-13(14)18-15(20)9-12-5-4-8-22-12;/h2-8,11H,9-10,17H2,1H3,(H,18,20)(H,19,21);1H. The Morgan fingerprint density at radius 1 is 1.13 bits per heavy atom. The van der Waals surface area contributed by atoms with Crippen molar-refractivity contribution >= 4 is 46.9 Å². The normalized spacial score (nSPS) is 11.2. The predicted molar refractivity (Wildman–Crippen MR) is 97.2 cm³/mol. The number of para-hydroxylation sites is 2. The van der Waals surface area contributed by atoms with Gasteiger partial charge in [-0.2, -0.15) is 0 Å². The molecule has 1 heterocycles. The van der Waals surface area contributed by atoms with E-state index in [2.05, 4.69) is 10.6 Å². The van der Waals surface area contributed by atoms with Gasteiger partial charge in [0.1, 0.15) is 0 Å². The number of nitrogens with two attached hydrogens (primary N) is 1. The van der Waals surface area contributed by atoms with E-state index < -0.39 is 0 Å². The van der Waals surface area contributed by atoms with Gasteiger partial charge in [-0.05, 0) is 23.6 Å². The van der Waals surface area contributed by atoms with Crippen LogP contribution in [0.15, 0.2) is 41.8 Å². The topological polar surface area (TPSA) is 84.2 Å². The van der Waals surface area contributed by atoms with Crippen molar-refractivity contribution in [3.05, 3.63) is 46.7 Å². The third-order valence-electron chi connectivity index (χ3n) is 3.18. The molecule has 124 valence electrons. The minimum absolute atomic E-state index is 0. The Hall–Kier alpha value is -1.89. The number of halogens is 1. The number of anilines is 2. The fourth-order valence-electron chi connectivity index (χ4n) is 1.83. The van der Waals surface area contributed by atoms with Gasteiger partial charge in [-0.25, -0.2) is 0 Å². The maximum absolute atomic E-state index is 12.1. The molecule has 2 amide bonds. The molecule has 0 fully saturated rings. The first-order chi connectivity index (χ1) is 10.6. The maximum Gasteiger partial charge on any atom is 0.229 e. The van der Waals surface area contributed by atoms with Crippen molar-refractivity contribution in [2.75, 3.05) is 17.2 Å². The first-order valence-corrected chi connectivity index (χ1v) is 7.90. The molecule has 1 unspecified atom stereocenters. The number of benzene rings is 1. The largest absolute Gasteiger partial charge is 0.330 e. The Morgan fingerprint density at radius 3 is 2.35 bits per heavy atom. The van der Waals surface area contributed by atoms with Crippen LogP contribution >= 0.6 is 23.7 Å². The van der Waals surface area contributed by atoms with Gasteiger partial charge in [0.05, 0.1) is 17.8 Å². The molecule has 2 rings (SSSR count). The summed E-state index contributed by atoms with van der Waals surface area (Å²) < 4.78 is 0. The van der Waals surface area contributed by atoms with Crippen LogP contribution in [0.5, 0.6) is 0 Å². The van der Waals surface area contributed by atoms with Crippen LogP contribution in [0.3, 0.4) is 0 Å². The number of hydrogen-bond acceptors (Lipinski definition) is 4. The zero-order chi connectivity index (χ0) is 15.9. The zero-order valence-corrected chi connectivity index (χ0v) is 14.4. The second kappa shape index (κ2) is 9.29. The Labute approximate surface area is 145 Å². The van der Waals surface area contributed by atoms with Crippen LogP contribution in [-0.4, -0.2) is 18.4 Å².